The SMILES string of the molecule is CCOc1cc(-c2cc3cc-3n2)c(OC)cc1OCCN(C)C.COc1cc(OCc2ccccc2)c(O)cc1-c1cccc(-n2c(C)ccc2C)n1.N. The predicted molar refractivity (Wildman–Crippen MR) is 213 cm³/mol. The fourth-order valence-corrected chi connectivity index (χ4v) is 5.90. The van der Waals surface area contributed by atoms with Gasteiger partial charge in [-0.25, -0.2) is 9.97 Å². The van der Waals surface area contributed by atoms with Crippen molar-refractivity contribution in [2.45, 2.75) is 27.4 Å². The van der Waals surface area contributed by atoms with E-state index in [2.05, 4.69) is 38.7 Å². The minimum Gasteiger partial charge on any atom is -0.504 e. The van der Waals surface area contributed by atoms with Crippen LogP contribution in [0.2, 0.25) is 0 Å². The number of aromatic hydroxyl groups is 1. The molecule has 11 nitrogen and oxygen atoms in total. The van der Waals surface area contributed by atoms with Crippen molar-refractivity contribution >= 4 is 0 Å². The van der Waals surface area contributed by atoms with Crippen LogP contribution >= 0.6 is 0 Å². The fraction of sp³-hybridized carbons (Fsp3) is 0.256. The van der Waals surface area contributed by atoms with E-state index in [-0.39, 0.29) is 11.9 Å². The lowest BCUT2D eigenvalue weighted by molar-refractivity contribution is 0.243. The zero-order valence-corrected chi connectivity index (χ0v) is 32.1. The summed E-state index contributed by atoms with van der Waals surface area (Å²) < 4.78 is 30.7. The molecule has 54 heavy (non-hydrogen) atoms. The monoisotopic (exact) mass is 731 g/mol. The first kappa shape index (κ1) is 39.2. The zero-order chi connectivity index (χ0) is 37.5. The van der Waals surface area contributed by atoms with E-state index in [1.165, 1.54) is 5.56 Å². The highest BCUT2D eigenvalue weighted by Crippen LogP contribution is 2.44. The first-order chi connectivity index (χ1) is 25.7. The van der Waals surface area contributed by atoms with Crippen LogP contribution in [0.25, 0.3) is 39.6 Å². The van der Waals surface area contributed by atoms with Crippen LogP contribution < -0.4 is 29.8 Å². The van der Waals surface area contributed by atoms with Gasteiger partial charge in [0.25, 0.3) is 0 Å². The van der Waals surface area contributed by atoms with Crippen LogP contribution in [0, 0.1) is 13.8 Å². The Labute approximate surface area is 317 Å². The maximum Gasteiger partial charge on any atom is 0.165 e. The lowest BCUT2D eigenvalue weighted by atomic mass is 10.1. The molecule has 3 heterocycles. The number of pyridine rings is 2. The second-order valence-electron chi connectivity index (χ2n) is 12.8. The Bertz CT molecular complexity index is 2140. The number of fused-ring (bicyclic) bond motifs is 1. The third-order valence-electron chi connectivity index (χ3n) is 8.70. The summed E-state index contributed by atoms with van der Waals surface area (Å²) in [6.07, 6.45) is 0. The van der Waals surface area contributed by atoms with Gasteiger partial charge in [0.1, 0.15) is 30.5 Å². The molecule has 282 valence electrons. The molecule has 3 aromatic carbocycles. The summed E-state index contributed by atoms with van der Waals surface area (Å²) in [4.78, 5) is 11.4. The average molecular weight is 732 g/mol. The van der Waals surface area contributed by atoms with Crippen molar-refractivity contribution in [3.8, 4) is 74.1 Å². The van der Waals surface area contributed by atoms with Gasteiger partial charge >= 0.3 is 0 Å². The van der Waals surface area contributed by atoms with E-state index >= 15 is 0 Å². The van der Waals surface area contributed by atoms with Crippen LogP contribution in [-0.4, -0.2) is 72.6 Å². The van der Waals surface area contributed by atoms with E-state index in [1.807, 2.05) is 95.5 Å². The van der Waals surface area contributed by atoms with Crippen LogP contribution in [0.3, 0.4) is 0 Å². The largest absolute Gasteiger partial charge is 0.504 e. The van der Waals surface area contributed by atoms with Gasteiger partial charge < -0.3 is 44.4 Å². The summed E-state index contributed by atoms with van der Waals surface area (Å²) in [5, 5.41) is 10.6. The molecule has 5 aromatic rings. The Morgan fingerprint density at radius 2 is 1.30 bits per heavy atom. The van der Waals surface area contributed by atoms with Gasteiger partial charge in [0.2, 0.25) is 0 Å². The molecule has 0 saturated carbocycles. The highest BCUT2D eigenvalue weighted by molar-refractivity contribution is 5.85. The molecule has 0 saturated heterocycles. The number of rotatable bonds is 14. The van der Waals surface area contributed by atoms with E-state index in [4.69, 9.17) is 28.7 Å². The Balaban J connectivity index is 0.000000211. The molecule has 0 atom stereocenters. The number of nitrogens with zero attached hydrogens (tertiary/aromatic N) is 4. The van der Waals surface area contributed by atoms with Gasteiger partial charge in [-0.1, -0.05) is 36.4 Å². The zero-order valence-electron chi connectivity index (χ0n) is 32.1. The molecular formula is C43H49N5O6. The Kier molecular flexibility index (Phi) is 12.8. The average Bonchev–Trinajstić information content (AvgIpc) is 3.62. The summed E-state index contributed by atoms with van der Waals surface area (Å²) in [6.45, 7) is 8.42. The summed E-state index contributed by atoms with van der Waals surface area (Å²) in [5.74, 6) is 3.98. The van der Waals surface area contributed by atoms with Crippen LogP contribution in [0.5, 0.6) is 34.5 Å². The van der Waals surface area contributed by atoms with Crippen molar-refractivity contribution in [3.05, 3.63) is 114 Å². The number of phenolic OH excluding ortho intramolecular Hbond substituents is 1. The molecule has 11 heteroatoms. The van der Waals surface area contributed by atoms with E-state index in [0.29, 0.717) is 48.3 Å². The molecule has 0 spiro atoms. The van der Waals surface area contributed by atoms with Crippen LogP contribution in [0.1, 0.15) is 23.9 Å². The van der Waals surface area contributed by atoms with Crippen molar-refractivity contribution in [2.24, 2.45) is 0 Å². The Morgan fingerprint density at radius 3 is 1.93 bits per heavy atom. The van der Waals surface area contributed by atoms with E-state index in [0.717, 1.165) is 57.8 Å². The summed E-state index contributed by atoms with van der Waals surface area (Å²) in [5.41, 5.74) is 8.75. The van der Waals surface area contributed by atoms with Gasteiger partial charge in [0, 0.05) is 46.8 Å². The molecule has 7 rings (SSSR count). The third-order valence-corrected chi connectivity index (χ3v) is 8.70. The molecule has 0 amide bonds. The molecule has 0 radical (unpaired) electrons. The first-order valence-corrected chi connectivity index (χ1v) is 17.5. The number of benzene rings is 3. The van der Waals surface area contributed by atoms with Gasteiger partial charge in [0.05, 0.1) is 37.9 Å². The molecule has 2 aliphatic rings. The van der Waals surface area contributed by atoms with E-state index in [9.17, 15) is 5.11 Å². The molecule has 0 bridgehead atoms. The van der Waals surface area contributed by atoms with Gasteiger partial charge in [-0.15, -0.1) is 0 Å². The predicted octanol–water partition coefficient (Wildman–Crippen LogP) is 8.69. The van der Waals surface area contributed by atoms with Crippen LogP contribution in [0.15, 0.2) is 97.1 Å². The number of methoxy groups -OCH3 is 2. The van der Waals surface area contributed by atoms with E-state index in [1.54, 1.807) is 26.4 Å². The van der Waals surface area contributed by atoms with Crippen molar-refractivity contribution in [1.29, 1.82) is 0 Å². The van der Waals surface area contributed by atoms with Gasteiger partial charge in [0.15, 0.2) is 23.0 Å². The normalized spacial score (nSPS) is 10.9. The van der Waals surface area contributed by atoms with Crippen molar-refractivity contribution in [2.75, 3.05) is 48.1 Å². The molecule has 0 unspecified atom stereocenters. The Hall–Kier alpha value is -6.04. The highest BCUT2D eigenvalue weighted by atomic mass is 16.5. The fourth-order valence-electron chi connectivity index (χ4n) is 5.90. The van der Waals surface area contributed by atoms with Gasteiger partial charge in [-0.3, -0.25) is 0 Å². The molecule has 2 aromatic heterocycles. The first-order valence-electron chi connectivity index (χ1n) is 17.5. The lowest BCUT2D eigenvalue weighted by Crippen LogP contribution is -2.19. The van der Waals surface area contributed by atoms with Gasteiger partial charge in [-0.05, 0) is 89.0 Å². The molecule has 0 fully saturated rings. The summed E-state index contributed by atoms with van der Waals surface area (Å²) in [6, 6.07) is 31.1. The third kappa shape index (κ3) is 9.11. The number of aromatic nitrogens is 3. The Morgan fingerprint density at radius 1 is 0.648 bits per heavy atom. The van der Waals surface area contributed by atoms with Crippen LogP contribution in [-0.2, 0) is 6.61 Å². The summed E-state index contributed by atoms with van der Waals surface area (Å²) in [7, 11) is 7.29. The topological polar surface area (TPSA) is 135 Å². The summed E-state index contributed by atoms with van der Waals surface area (Å²) >= 11 is 0. The second-order valence-corrected chi connectivity index (χ2v) is 12.8. The molecule has 4 N–H and O–H groups in total. The molecule has 1 aliphatic carbocycles. The van der Waals surface area contributed by atoms with Gasteiger partial charge in [-0.2, -0.15) is 0 Å². The highest BCUT2D eigenvalue weighted by Gasteiger charge is 2.22. The smallest absolute Gasteiger partial charge is 0.165 e. The maximum atomic E-state index is 10.6. The number of ether oxygens (including phenoxy) is 5. The number of aryl methyl sites for hydroxylation is 2. The standard InChI is InChI=1S/C25H24N2O3.C18H22N2O3.H3N/c1-17-12-13-18(2)27(17)25-11-7-10-21(26-25)20-14-22(28)24(15-23(20)29-3)30-16-19-8-5-4-6-9-19;1-5-22-17-10-13(15-9-12-8-14(12)19-15)16(21-4)11-18(17)23-7-6-20(2)3;/h4-15,28H,16H2,1-3H3;8-11H,5-7H2,1-4H3;1H3. The number of likely N-dealkylation sites (N-methyl/N-ethyl adjacent to an activating group) is 1. The lowest BCUT2D eigenvalue weighted by Gasteiger charge is -2.17. The van der Waals surface area contributed by atoms with Crippen molar-refractivity contribution < 1.29 is 28.8 Å². The maximum absolute atomic E-state index is 10.6. The molecular weight excluding hydrogens is 683 g/mol. The van der Waals surface area contributed by atoms with Crippen molar-refractivity contribution in [1.82, 2.24) is 25.6 Å². The van der Waals surface area contributed by atoms with E-state index < -0.39 is 0 Å². The molecule has 1 aliphatic heterocycles. The minimum absolute atomic E-state index is 0. The van der Waals surface area contributed by atoms with Crippen LogP contribution in [0.4, 0.5) is 0 Å². The number of hydrogen-bond acceptors (Lipinski definition) is 10. The minimum atomic E-state index is 0. The number of hydrogen-bond donors (Lipinski definition) is 2. The van der Waals surface area contributed by atoms with Crippen molar-refractivity contribution in [3.63, 3.8) is 0 Å². The number of phenols is 1. The second kappa shape index (κ2) is 17.7. The quantitative estimate of drug-likeness (QED) is 0.112.